The predicted octanol–water partition coefficient (Wildman–Crippen LogP) is 1.08. The Morgan fingerprint density at radius 2 is 2.29 bits per heavy atom. The summed E-state index contributed by atoms with van der Waals surface area (Å²) in [6, 6.07) is 3.14. The first-order valence-electron chi connectivity index (χ1n) is 3.60. The van der Waals surface area contributed by atoms with Crippen molar-refractivity contribution in [1.29, 1.82) is 0 Å². The van der Waals surface area contributed by atoms with Crippen LogP contribution in [0.15, 0.2) is 18.3 Å². The normalized spacial score (nSPS) is 9.79. The fraction of sp³-hybridized carbons (Fsp3) is 0.125. The molecular weight excluding hydrogens is 273 g/mol. The molecule has 1 N–H and O–H groups in total. The molecule has 1 heterocycles. The Labute approximate surface area is 91.4 Å². The number of nitrogens with zero attached hydrogens (tertiary/aromatic N) is 1. The summed E-state index contributed by atoms with van der Waals surface area (Å²) in [5, 5.41) is 8.39. The Morgan fingerprint density at radius 1 is 1.57 bits per heavy atom. The zero-order valence-electron chi connectivity index (χ0n) is 6.94. The Balaban J connectivity index is 2.70. The SMILES string of the molecule is O=C(O)C[Se]C(=O)c1cccnc1Cl. The number of pyridine rings is 1. The first kappa shape index (κ1) is 11.2. The number of carboxylic acids is 1. The maximum atomic E-state index is 11.4. The molecule has 0 radical (unpaired) electrons. The van der Waals surface area contributed by atoms with E-state index >= 15 is 0 Å². The Kier molecular flexibility index (Phi) is 4.07. The molecule has 0 bridgehead atoms. The zero-order chi connectivity index (χ0) is 10.6. The number of halogens is 1. The van der Waals surface area contributed by atoms with E-state index in [4.69, 9.17) is 16.7 Å². The van der Waals surface area contributed by atoms with E-state index < -0.39 is 20.9 Å². The van der Waals surface area contributed by atoms with Gasteiger partial charge >= 0.3 is 91.3 Å². The van der Waals surface area contributed by atoms with E-state index in [1.54, 1.807) is 12.1 Å². The van der Waals surface area contributed by atoms with Gasteiger partial charge in [-0.05, 0) is 0 Å². The van der Waals surface area contributed by atoms with Crippen molar-refractivity contribution in [1.82, 2.24) is 4.98 Å². The van der Waals surface area contributed by atoms with Crippen molar-refractivity contribution < 1.29 is 14.7 Å². The van der Waals surface area contributed by atoms with Gasteiger partial charge in [0.05, 0.1) is 0 Å². The van der Waals surface area contributed by atoms with Crippen molar-refractivity contribution in [3.8, 4) is 0 Å². The minimum atomic E-state index is -0.974. The predicted molar refractivity (Wildman–Crippen MR) is 51.8 cm³/mol. The van der Waals surface area contributed by atoms with Crippen LogP contribution in [0, 0.1) is 0 Å². The molecule has 0 atom stereocenters. The molecule has 6 heteroatoms. The monoisotopic (exact) mass is 279 g/mol. The summed E-state index contributed by atoms with van der Waals surface area (Å²) in [6.45, 7) is 0. The van der Waals surface area contributed by atoms with Gasteiger partial charge in [0.1, 0.15) is 0 Å². The van der Waals surface area contributed by atoms with Gasteiger partial charge in [-0.2, -0.15) is 0 Å². The fourth-order valence-electron chi connectivity index (χ4n) is 0.743. The van der Waals surface area contributed by atoms with E-state index in [1.165, 1.54) is 6.20 Å². The van der Waals surface area contributed by atoms with E-state index in [2.05, 4.69) is 4.98 Å². The summed E-state index contributed by atoms with van der Waals surface area (Å²) in [4.78, 5) is 25.4. The minimum absolute atomic E-state index is 0.128. The van der Waals surface area contributed by atoms with Crippen LogP contribution in [0.5, 0.6) is 0 Å². The van der Waals surface area contributed by atoms with Crippen molar-refractivity contribution in [2.75, 3.05) is 0 Å². The molecule has 0 aliphatic rings. The van der Waals surface area contributed by atoms with Crippen LogP contribution in [0.4, 0.5) is 0 Å². The molecule has 74 valence electrons. The van der Waals surface area contributed by atoms with Crippen LogP contribution in [0.1, 0.15) is 10.4 Å². The molecule has 0 aliphatic carbocycles. The molecule has 0 aromatic carbocycles. The number of carbonyl (C=O) groups excluding carboxylic acids is 1. The van der Waals surface area contributed by atoms with Crippen LogP contribution in [0.2, 0.25) is 10.5 Å². The van der Waals surface area contributed by atoms with Gasteiger partial charge < -0.3 is 0 Å². The van der Waals surface area contributed by atoms with Crippen molar-refractivity contribution in [3.63, 3.8) is 0 Å². The van der Waals surface area contributed by atoms with Crippen molar-refractivity contribution in [3.05, 3.63) is 29.0 Å². The van der Waals surface area contributed by atoms with Gasteiger partial charge in [-0.1, -0.05) is 0 Å². The van der Waals surface area contributed by atoms with Gasteiger partial charge in [0.15, 0.2) is 0 Å². The molecule has 1 rings (SSSR count). The van der Waals surface area contributed by atoms with E-state index in [0.29, 0.717) is 5.56 Å². The molecule has 4 nitrogen and oxygen atoms in total. The van der Waals surface area contributed by atoms with Gasteiger partial charge in [-0.3, -0.25) is 0 Å². The summed E-state index contributed by atoms with van der Waals surface area (Å²) < 4.78 is -0.238. The number of hydrogen-bond donors (Lipinski definition) is 1. The summed E-state index contributed by atoms with van der Waals surface area (Å²) in [5.74, 6) is -0.974. The molecule has 14 heavy (non-hydrogen) atoms. The van der Waals surface area contributed by atoms with Crippen molar-refractivity contribution in [2.24, 2.45) is 0 Å². The zero-order valence-corrected chi connectivity index (χ0v) is 9.41. The second kappa shape index (κ2) is 5.10. The standard InChI is InChI=1S/C8H6ClNO3Se/c9-7-5(2-1-3-10-7)8(13)14-4-6(11)12/h1-3H,4H2,(H,11,12). The quantitative estimate of drug-likeness (QED) is 0.661. The molecular formula is C8H6ClNO3Se. The van der Waals surface area contributed by atoms with E-state index in [0.717, 1.165) is 0 Å². The first-order chi connectivity index (χ1) is 6.61. The second-order valence-corrected chi connectivity index (χ2v) is 4.66. The number of aliphatic carboxylic acids is 1. The van der Waals surface area contributed by atoms with Gasteiger partial charge in [-0.15, -0.1) is 0 Å². The Bertz CT molecular complexity index is 369. The Morgan fingerprint density at radius 3 is 2.86 bits per heavy atom. The van der Waals surface area contributed by atoms with Crippen LogP contribution in [0.3, 0.4) is 0 Å². The van der Waals surface area contributed by atoms with Crippen LogP contribution >= 0.6 is 11.6 Å². The number of rotatable bonds is 4. The van der Waals surface area contributed by atoms with Crippen LogP contribution < -0.4 is 0 Å². The average molecular weight is 279 g/mol. The number of carboxylic acid groups (broad SMARTS) is 1. The summed E-state index contributed by atoms with van der Waals surface area (Å²) in [5.41, 5.74) is 0.301. The molecule has 0 spiro atoms. The number of aromatic nitrogens is 1. The molecule has 1 aromatic rings. The van der Waals surface area contributed by atoms with Crippen LogP contribution in [0.25, 0.3) is 0 Å². The van der Waals surface area contributed by atoms with Gasteiger partial charge in [-0.25, -0.2) is 0 Å². The summed E-state index contributed by atoms with van der Waals surface area (Å²) >= 11 is 5.05. The van der Waals surface area contributed by atoms with E-state index in [-0.39, 0.29) is 15.2 Å². The third-order valence-corrected chi connectivity index (χ3v) is 3.44. The number of carbonyl (C=O) groups is 2. The average Bonchev–Trinajstić information content (AvgIpc) is 2.15. The van der Waals surface area contributed by atoms with Crippen molar-refractivity contribution >= 4 is 37.2 Å². The molecule has 0 saturated carbocycles. The molecule has 0 fully saturated rings. The molecule has 1 aromatic heterocycles. The van der Waals surface area contributed by atoms with E-state index in [9.17, 15) is 9.59 Å². The second-order valence-electron chi connectivity index (χ2n) is 2.31. The van der Waals surface area contributed by atoms with Gasteiger partial charge in [0.2, 0.25) is 0 Å². The molecule has 0 aliphatic heterocycles. The topological polar surface area (TPSA) is 67.3 Å². The first-order valence-corrected chi connectivity index (χ1v) is 6.05. The fourth-order valence-corrected chi connectivity index (χ4v) is 2.28. The third-order valence-electron chi connectivity index (χ3n) is 1.31. The summed E-state index contributed by atoms with van der Waals surface area (Å²) in [6.07, 6.45) is 1.48. The van der Waals surface area contributed by atoms with Crippen LogP contribution in [-0.2, 0) is 4.79 Å². The van der Waals surface area contributed by atoms with E-state index in [1.807, 2.05) is 0 Å². The molecule has 0 amide bonds. The molecule has 0 saturated heterocycles. The maximum absolute atomic E-state index is 11.4. The van der Waals surface area contributed by atoms with Gasteiger partial charge in [0.25, 0.3) is 0 Å². The van der Waals surface area contributed by atoms with Crippen LogP contribution in [-0.4, -0.2) is 35.7 Å². The van der Waals surface area contributed by atoms with Crippen molar-refractivity contribution in [2.45, 2.75) is 5.32 Å². The Hall–Kier alpha value is -0.901. The summed E-state index contributed by atoms with van der Waals surface area (Å²) in [7, 11) is 0. The molecule has 0 unspecified atom stereocenters. The number of hydrogen-bond acceptors (Lipinski definition) is 3. The third kappa shape index (κ3) is 3.10. The van der Waals surface area contributed by atoms with Gasteiger partial charge in [0, 0.05) is 0 Å².